The lowest BCUT2D eigenvalue weighted by molar-refractivity contribution is 0.112. The minimum absolute atomic E-state index is 0.201. The first-order chi connectivity index (χ1) is 7.72. The Hall–Kier alpha value is -1.62. The number of ether oxygens (including phenoxy) is 1. The van der Waals surface area contributed by atoms with Crippen LogP contribution in [0.3, 0.4) is 0 Å². The van der Waals surface area contributed by atoms with Crippen LogP contribution in [0.1, 0.15) is 10.4 Å². The predicted octanol–water partition coefficient (Wildman–Crippen LogP) is 1.93. The number of carbonyl (C=O) groups excluding carboxylic acids is 1. The highest BCUT2D eigenvalue weighted by Gasteiger charge is 2.20. The van der Waals surface area contributed by atoms with Gasteiger partial charge in [-0.3, -0.25) is 14.2 Å². The van der Waals surface area contributed by atoms with Crippen molar-refractivity contribution in [3.05, 3.63) is 38.6 Å². The van der Waals surface area contributed by atoms with Gasteiger partial charge in [0.15, 0.2) is 18.8 Å². The van der Waals surface area contributed by atoms with E-state index in [4.69, 9.17) is 4.74 Å². The molecule has 0 atom stereocenters. The Kier molecular flexibility index (Phi) is 1.91. The number of benzene rings is 1. The van der Waals surface area contributed by atoms with Gasteiger partial charge >= 0.3 is 0 Å². The van der Waals surface area contributed by atoms with Crippen LogP contribution < -0.4 is 10.3 Å². The Morgan fingerprint density at radius 1 is 1.44 bits per heavy atom. The van der Waals surface area contributed by atoms with Crippen LogP contribution in [-0.4, -0.2) is 10.9 Å². The number of carbonyl (C=O) groups is 1. The van der Waals surface area contributed by atoms with Gasteiger partial charge in [0.2, 0.25) is 0 Å². The Balaban J connectivity index is 2.62. The van der Waals surface area contributed by atoms with Crippen molar-refractivity contribution in [3.63, 3.8) is 0 Å². The molecule has 3 rings (SSSR count). The van der Waals surface area contributed by atoms with Crippen molar-refractivity contribution in [1.29, 1.82) is 0 Å². The Morgan fingerprint density at radius 2 is 2.25 bits per heavy atom. The maximum absolute atomic E-state index is 11.7. The van der Waals surface area contributed by atoms with Gasteiger partial charge in [-0.1, -0.05) is 6.07 Å². The highest BCUT2D eigenvalue weighted by molar-refractivity contribution is 9.10. The third kappa shape index (κ3) is 1.09. The van der Waals surface area contributed by atoms with Crippen LogP contribution in [0, 0.1) is 0 Å². The van der Waals surface area contributed by atoms with E-state index in [1.807, 2.05) is 6.07 Å². The van der Waals surface area contributed by atoms with Gasteiger partial charge in [-0.05, 0) is 22.0 Å². The molecule has 0 fully saturated rings. The summed E-state index contributed by atoms with van der Waals surface area (Å²) >= 11 is 3.35. The van der Waals surface area contributed by atoms with Gasteiger partial charge in [-0.2, -0.15) is 0 Å². The maximum atomic E-state index is 11.7. The van der Waals surface area contributed by atoms with Crippen molar-refractivity contribution in [2.24, 2.45) is 0 Å². The average molecular weight is 280 g/mol. The highest BCUT2D eigenvalue weighted by atomic mass is 79.9. The largest absolute Gasteiger partial charge is 0.469 e. The van der Waals surface area contributed by atoms with E-state index < -0.39 is 0 Å². The number of aldehydes is 1. The molecule has 0 unspecified atom stereocenters. The normalized spacial score (nSPS) is 12.8. The van der Waals surface area contributed by atoms with Gasteiger partial charge in [0.25, 0.3) is 5.56 Å². The third-order valence-electron chi connectivity index (χ3n) is 2.67. The molecule has 0 saturated heterocycles. The van der Waals surface area contributed by atoms with E-state index in [0.29, 0.717) is 23.1 Å². The molecule has 0 spiro atoms. The lowest BCUT2D eigenvalue weighted by Crippen LogP contribution is -2.18. The van der Waals surface area contributed by atoms with Crippen LogP contribution >= 0.6 is 15.9 Å². The fraction of sp³-hybridized carbons (Fsp3) is 0.0909. The van der Waals surface area contributed by atoms with Crippen molar-refractivity contribution in [2.45, 2.75) is 6.73 Å². The zero-order valence-corrected chi connectivity index (χ0v) is 9.65. The standard InChI is InChI=1S/C11H6BrNO3/c12-8-2-1-7-6(4-14)3-9(15)13-5-16-11(8)10(7)13/h1-4H,5H2. The molecule has 0 amide bonds. The predicted molar refractivity (Wildman–Crippen MR) is 61.9 cm³/mol. The Labute approximate surface area is 98.6 Å². The van der Waals surface area contributed by atoms with Gasteiger partial charge in [0, 0.05) is 17.0 Å². The summed E-state index contributed by atoms with van der Waals surface area (Å²) in [4.78, 5) is 22.6. The molecule has 0 bridgehead atoms. The number of rotatable bonds is 1. The topological polar surface area (TPSA) is 48.3 Å². The molecule has 0 aliphatic carbocycles. The number of nitrogens with zero attached hydrogens (tertiary/aromatic N) is 1. The Morgan fingerprint density at radius 3 is 3.00 bits per heavy atom. The minimum atomic E-state index is -0.216. The molecule has 4 nitrogen and oxygen atoms in total. The van der Waals surface area contributed by atoms with E-state index in [1.54, 1.807) is 6.07 Å². The zero-order valence-electron chi connectivity index (χ0n) is 8.07. The van der Waals surface area contributed by atoms with Crippen molar-refractivity contribution < 1.29 is 9.53 Å². The first-order valence-electron chi connectivity index (χ1n) is 4.66. The third-order valence-corrected chi connectivity index (χ3v) is 3.30. The van der Waals surface area contributed by atoms with E-state index >= 15 is 0 Å². The van der Waals surface area contributed by atoms with Crippen molar-refractivity contribution in [3.8, 4) is 5.75 Å². The summed E-state index contributed by atoms with van der Waals surface area (Å²) in [5.41, 5.74) is 0.867. The maximum Gasteiger partial charge on any atom is 0.254 e. The summed E-state index contributed by atoms with van der Waals surface area (Å²) in [6.45, 7) is 0.201. The SMILES string of the molecule is O=Cc1cc(=O)n2c3c(c(Br)ccc13)OC2. The number of halogens is 1. The van der Waals surface area contributed by atoms with Crippen LogP contribution in [0.5, 0.6) is 5.75 Å². The van der Waals surface area contributed by atoms with E-state index in [2.05, 4.69) is 15.9 Å². The van der Waals surface area contributed by atoms with Crippen molar-refractivity contribution >= 4 is 33.1 Å². The summed E-state index contributed by atoms with van der Waals surface area (Å²) in [6.07, 6.45) is 0.692. The second kappa shape index (κ2) is 3.18. The number of hydrogen-bond acceptors (Lipinski definition) is 3. The van der Waals surface area contributed by atoms with Gasteiger partial charge in [0.05, 0.1) is 9.99 Å². The fourth-order valence-corrected chi connectivity index (χ4v) is 2.37. The summed E-state index contributed by atoms with van der Waals surface area (Å²) in [5.74, 6) is 0.623. The van der Waals surface area contributed by atoms with Crippen LogP contribution in [0.2, 0.25) is 0 Å². The van der Waals surface area contributed by atoms with Gasteiger partial charge in [-0.25, -0.2) is 0 Å². The molecule has 1 aliphatic heterocycles. The first-order valence-corrected chi connectivity index (χ1v) is 5.45. The molecule has 2 aromatic rings. The molecule has 5 heteroatoms. The Bertz CT molecular complexity index is 675. The lowest BCUT2D eigenvalue weighted by atomic mass is 10.1. The molecular formula is C11H6BrNO3. The zero-order chi connectivity index (χ0) is 11.3. The number of hydrogen-bond donors (Lipinski definition) is 0. The van der Waals surface area contributed by atoms with E-state index in [0.717, 1.165) is 9.86 Å². The van der Waals surface area contributed by atoms with Crippen molar-refractivity contribution in [2.75, 3.05) is 0 Å². The monoisotopic (exact) mass is 279 g/mol. The van der Waals surface area contributed by atoms with Crippen LogP contribution in [0.4, 0.5) is 0 Å². The van der Waals surface area contributed by atoms with E-state index in [9.17, 15) is 9.59 Å². The molecule has 2 heterocycles. The minimum Gasteiger partial charge on any atom is -0.469 e. The summed E-state index contributed by atoms with van der Waals surface area (Å²) < 4.78 is 7.73. The summed E-state index contributed by atoms with van der Waals surface area (Å²) in [6, 6.07) is 4.95. The smallest absolute Gasteiger partial charge is 0.254 e. The number of pyridine rings is 1. The lowest BCUT2D eigenvalue weighted by Gasteiger charge is -2.03. The first kappa shape index (κ1) is 9.59. The van der Waals surface area contributed by atoms with E-state index in [-0.39, 0.29) is 12.3 Å². The molecule has 80 valence electrons. The second-order valence-electron chi connectivity index (χ2n) is 3.53. The van der Waals surface area contributed by atoms with Crippen LogP contribution in [-0.2, 0) is 6.73 Å². The van der Waals surface area contributed by atoms with Crippen LogP contribution in [0.15, 0.2) is 27.5 Å². The van der Waals surface area contributed by atoms with Gasteiger partial charge < -0.3 is 4.74 Å². The molecular weight excluding hydrogens is 274 g/mol. The quantitative estimate of drug-likeness (QED) is 0.750. The molecule has 1 aliphatic rings. The molecule has 1 aromatic carbocycles. The van der Waals surface area contributed by atoms with Crippen molar-refractivity contribution in [1.82, 2.24) is 4.57 Å². The average Bonchev–Trinajstić information content (AvgIpc) is 2.72. The number of aromatic nitrogens is 1. The highest BCUT2D eigenvalue weighted by Crippen LogP contribution is 2.37. The summed E-state index contributed by atoms with van der Waals surface area (Å²) in [5, 5.41) is 0.741. The molecule has 1 aromatic heterocycles. The molecule has 0 saturated carbocycles. The summed E-state index contributed by atoms with van der Waals surface area (Å²) in [7, 11) is 0. The molecule has 16 heavy (non-hydrogen) atoms. The second-order valence-corrected chi connectivity index (χ2v) is 4.38. The van der Waals surface area contributed by atoms with E-state index in [1.165, 1.54) is 10.6 Å². The molecule has 0 radical (unpaired) electrons. The molecule has 0 N–H and O–H groups in total. The van der Waals surface area contributed by atoms with Gasteiger partial charge in [-0.15, -0.1) is 0 Å². The van der Waals surface area contributed by atoms with Crippen LogP contribution in [0.25, 0.3) is 10.9 Å². The fourth-order valence-electron chi connectivity index (χ4n) is 1.94. The van der Waals surface area contributed by atoms with Gasteiger partial charge in [0.1, 0.15) is 0 Å².